The highest BCUT2D eigenvalue weighted by atomic mass is 35.5. The summed E-state index contributed by atoms with van der Waals surface area (Å²) in [5.41, 5.74) is -0.923. The second kappa shape index (κ2) is 9.51. The van der Waals surface area contributed by atoms with Crippen LogP contribution >= 0.6 is 11.6 Å². The van der Waals surface area contributed by atoms with Crippen LogP contribution in [-0.4, -0.2) is 49.0 Å². The minimum atomic E-state index is -4.68. The fourth-order valence-corrected chi connectivity index (χ4v) is 4.36. The van der Waals surface area contributed by atoms with E-state index in [-0.39, 0.29) is 24.0 Å². The first-order chi connectivity index (χ1) is 15.7. The van der Waals surface area contributed by atoms with Gasteiger partial charge in [0.1, 0.15) is 5.75 Å². The van der Waals surface area contributed by atoms with Crippen molar-refractivity contribution in [2.75, 3.05) is 36.4 Å². The predicted octanol–water partition coefficient (Wildman–Crippen LogP) is 4.58. The van der Waals surface area contributed by atoms with Gasteiger partial charge >= 0.3 is 6.18 Å². The maximum Gasteiger partial charge on any atom is 0.418 e. The Kier molecular flexibility index (Phi) is 6.69. The molecule has 6 nitrogen and oxygen atoms in total. The van der Waals surface area contributed by atoms with E-state index in [0.29, 0.717) is 24.5 Å². The van der Waals surface area contributed by atoms with Crippen molar-refractivity contribution in [2.24, 2.45) is 0 Å². The number of ether oxygens (including phenoxy) is 1. The summed E-state index contributed by atoms with van der Waals surface area (Å²) in [6.45, 7) is 1.15. The second-order valence-electron chi connectivity index (χ2n) is 8.05. The predicted molar refractivity (Wildman–Crippen MR) is 119 cm³/mol. The molecule has 2 amide bonds. The van der Waals surface area contributed by atoms with E-state index in [1.54, 1.807) is 34.1 Å². The molecule has 1 saturated heterocycles. The summed E-state index contributed by atoms with van der Waals surface area (Å²) < 4.78 is 46.0. The molecule has 0 aromatic heterocycles. The molecule has 0 bridgehead atoms. The van der Waals surface area contributed by atoms with Gasteiger partial charge in [-0.3, -0.25) is 9.59 Å². The number of para-hydroxylation sites is 3. The number of piperidine rings is 1. The first-order valence-corrected chi connectivity index (χ1v) is 11.1. The number of halogens is 4. The minimum Gasteiger partial charge on any atom is -0.477 e. The van der Waals surface area contributed by atoms with E-state index in [1.165, 1.54) is 12.1 Å². The van der Waals surface area contributed by atoms with Crippen molar-refractivity contribution in [1.82, 2.24) is 4.90 Å². The summed E-state index contributed by atoms with van der Waals surface area (Å²) in [7, 11) is 0. The smallest absolute Gasteiger partial charge is 0.418 e. The Morgan fingerprint density at radius 2 is 1.79 bits per heavy atom. The Morgan fingerprint density at radius 3 is 2.52 bits per heavy atom. The van der Waals surface area contributed by atoms with Crippen molar-refractivity contribution in [1.29, 1.82) is 0 Å². The Hall–Kier alpha value is -2.94. The lowest BCUT2D eigenvalue weighted by Crippen LogP contribution is -2.52. The zero-order valence-corrected chi connectivity index (χ0v) is 18.5. The summed E-state index contributed by atoms with van der Waals surface area (Å²) in [6.07, 6.45) is -2.55. The first-order valence-electron chi connectivity index (χ1n) is 10.7. The third-order valence-electron chi connectivity index (χ3n) is 5.72. The van der Waals surface area contributed by atoms with Crippen LogP contribution in [0.1, 0.15) is 24.8 Å². The van der Waals surface area contributed by atoms with E-state index in [1.807, 2.05) is 0 Å². The van der Waals surface area contributed by atoms with Crippen LogP contribution in [0.4, 0.5) is 24.5 Å². The van der Waals surface area contributed by atoms with Crippen LogP contribution in [0.25, 0.3) is 0 Å². The number of hydrogen-bond acceptors (Lipinski definition) is 4. The molecule has 0 aliphatic carbocycles. The van der Waals surface area contributed by atoms with E-state index < -0.39 is 29.4 Å². The molecule has 10 heteroatoms. The number of nitrogens with zero attached hydrogens (tertiary/aromatic N) is 2. The number of rotatable bonds is 4. The summed E-state index contributed by atoms with van der Waals surface area (Å²) >= 11 is 5.96. The maximum absolute atomic E-state index is 13.4. The maximum atomic E-state index is 13.4. The summed E-state index contributed by atoms with van der Waals surface area (Å²) in [5.74, 6) is -0.393. The Balaban J connectivity index is 1.53. The molecule has 1 atom stereocenters. The van der Waals surface area contributed by atoms with E-state index in [9.17, 15) is 22.8 Å². The number of amides is 2. The standard InChI is InChI=1S/C23H23ClF3N3O3/c24-16-8-6-7-15(23(25,26)27)21(16)28-20(31)14-30-13-19(22(32)29-11-4-1-5-12-29)33-18-10-3-2-9-17(18)30/h2-3,6-10,19H,1,4-5,11-14H2,(H,28,31). The molecule has 0 spiro atoms. The number of likely N-dealkylation sites (tertiary alicyclic amines) is 1. The SMILES string of the molecule is O=C(CN1CC(C(=O)N2CCCCC2)Oc2ccccc21)Nc1c(Cl)cccc1C(F)(F)F. The number of carbonyl (C=O) groups excluding carboxylic acids is 2. The number of hydrogen-bond donors (Lipinski definition) is 1. The van der Waals surface area contributed by atoms with Gasteiger partial charge in [0.2, 0.25) is 5.91 Å². The average molecular weight is 482 g/mol. The van der Waals surface area contributed by atoms with Crippen LogP contribution in [-0.2, 0) is 15.8 Å². The third-order valence-corrected chi connectivity index (χ3v) is 6.04. The van der Waals surface area contributed by atoms with Crippen molar-refractivity contribution in [2.45, 2.75) is 31.5 Å². The molecule has 1 N–H and O–H groups in total. The van der Waals surface area contributed by atoms with Gasteiger partial charge in [-0.15, -0.1) is 0 Å². The topological polar surface area (TPSA) is 61.9 Å². The molecule has 2 aliphatic rings. The molecule has 2 aromatic rings. The molecular formula is C23H23ClF3N3O3. The summed E-state index contributed by atoms with van der Waals surface area (Å²) in [4.78, 5) is 29.2. The van der Waals surface area contributed by atoms with Gasteiger partial charge in [0.05, 0.1) is 35.1 Å². The molecule has 1 unspecified atom stereocenters. The number of nitrogens with one attached hydrogen (secondary N) is 1. The number of alkyl halides is 3. The minimum absolute atomic E-state index is 0.106. The lowest BCUT2D eigenvalue weighted by molar-refractivity contribution is -0.139. The lowest BCUT2D eigenvalue weighted by Gasteiger charge is -2.38. The first kappa shape index (κ1) is 23.2. The molecule has 1 fully saturated rings. The largest absolute Gasteiger partial charge is 0.477 e. The highest BCUT2D eigenvalue weighted by molar-refractivity contribution is 6.34. The zero-order chi connectivity index (χ0) is 23.6. The Labute approximate surface area is 194 Å². The van der Waals surface area contributed by atoms with Gasteiger partial charge in [-0.2, -0.15) is 13.2 Å². The number of benzene rings is 2. The van der Waals surface area contributed by atoms with Crippen LogP contribution in [0.3, 0.4) is 0 Å². The third kappa shape index (κ3) is 5.19. The van der Waals surface area contributed by atoms with Crippen LogP contribution < -0.4 is 15.0 Å². The summed E-state index contributed by atoms with van der Waals surface area (Å²) in [6, 6.07) is 10.3. The highest BCUT2D eigenvalue weighted by Crippen LogP contribution is 2.39. The molecule has 0 saturated carbocycles. The van der Waals surface area contributed by atoms with E-state index in [2.05, 4.69) is 5.32 Å². The summed E-state index contributed by atoms with van der Waals surface area (Å²) in [5, 5.41) is 2.09. The Morgan fingerprint density at radius 1 is 1.06 bits per heavy atom. The quantitative estimate of drug-likeness (QED) is 0.694. The molecule has 4 rings (SSSR count). The van der Waals surface area contributed by atoms with E-state index >= 15 is 0 Å². The average Bonchev–Trinajstić information content (AvgIpc) is 2.79. The monoisotopic (exact) mass is 481 g/mol. The molecule has 2 aliphatic heterocycles. The van der Waals surface area contributed by atoms with Gasteiger partial charge in [-0.25, -0.2) is 0 Å². The van der Waals surface area contributed by atoms with E-state index in [0.717, 1.165) is 25.3 Å². The number of fused-ring (bicyclic) bond motifs is 1. The molecule has 2 heterocycles. The molecular weight excluding hydrogens is 459 g/mol. The lowest BCUT2D eigenvalue weighted by atomic mass is 10.1. The van der Waals surface area contributed by atoms with Crippen LogP contribution in [0, 0.1) is 0 Å². The molecule has 0 radical (unpaired) electrons. The van der Waals surface area contributed by atoms with Crippen molar-refractivity contribution < 1.29 is 27.5 Å². The zero-order valence-electron chi connectivity index (χ0n) is 17.7. The van der Waals surface area contributed by atoms with E-state index in [4.69, 9.17) is 16.3 Å². The van der Waals surface area contributed by atoms with Crippen LogP contribution in [0.15, 0.2) is 42.5 Å². The van der Waals surface area contributed by atoms with Gasteiger partial charge in [0.15, 0.2) is 6.10 Å². The van der Waals surface area contributed by atoms with Gasteiger partial charge in [-0.05, 0) is 43.5 Å². The van der Waals surface area contributed by atoms with Gasteiger partial charge in [0.25, 0.3) is 5.91 Å². The fraction of sp³-hybridized carbons (Fsp3) is 0.391. The highest BCUT2D eigenvalue weighted by Gasteiger charge is 2.36. The normalized spacial score (nSPS) is 18.4. The molecule has 2 aromatic carbocycles. The van der Waals surface area contributed by atoms with Gasteiger partial charge in [0, 0.05) is 13.1 Å². The van der Waals surface area contributed by atoms with Crippen molar-refractivity contribution in [3.63, 3.8) is 0 Å². The second-order valence-corrected chi connectivity index (χ2v) is 8.46. The van der Waals surface area contributed by atoms with Gasteiger partial charge in [-0.1, -0.05) is 29.8 Å². The van der Waals surface area contributed by atoms with Crippen molar-refractivity contribution in [3.05, 3.63) is 53.1 Å². The molecule has 33 heavy (non-hydrogen) atoms. The van der Waals surface area contributed by atoms with Crippen molar-refractivity contribution >= 4 is 34.8 Å². The van der Waals surface area contributed by atoms with Crippen LogP contribution in [0.2, 0.25) is 5.02 Å². The number of carbonyl (C=O) groups is 2. The van der Waals surface area contributed by atoms with Crippen LogP contribution in [0.5, 0.6) is 5.75 Å². The van der Waals surface area contributed by atoms with Crippen molar-refractivity contribution in [3.8, 4) is 5.75 Å². The Bertz CT molecular complexity index is 1040. The number of anilines is 2. The van der Waals surface area contributed by atoms with Gasteiger partial charge < -0.3 is 19.9 Å². The molecule has 176 valence electrons. The fourth-order valence-electron chi connectivity index (χ4n) is 4.14.